The van der Waals surface area contributed by atoms with Gasteiger partial charge in [0.25, 0.3) is 10.0 Å². The summed E-state index contributed by atoms with van der Waals surface area (Å²) in [5.74, 6) is -0.234. The van der Waals surface area contributed by atoms with E-state index in [1.54, 1.807) is 62.6 Å². The number of nitrogens with zero attached hydrogens (tertiary/aromatic N) is 2. The van der Waals surface area contributed by atoms with Crippen molar-refractivity contribution < 1.29 is 22.7 Å². The predicted octanol–water partition coefficient (Wildman–Crippen LogP) is 5.18. The second-order valence-electron chi connectivity index (χ2n) is 10.6. The fourth-order valence-electron chi connectivity index (χ4n) is 3.96. The third-order valence-electron chi connectivity index (χ3n) is 6.18. The highest BCUT2D eigenvalue weighted by Gasteiger charge is 2.33. The number of methoxy groups -OCH3 is 1. The van der Waals surface area contributed by atoms with E-state index in [0.29, 0.717) is 16.5 Å². The van der Waals surface area contributed by atoms with E-state index in [2.05, 4.69) is 5.32 Å². The molecule has 3 aromatic rings. The first-order valence-electron chi connectivity index (χ1n) is 12.8. The quantitative estimate of drug-likeness (QED) is 0.353. The number of anilines is 1. The van der Waals surface area contributed by atoms with Crippen molar-refractivity contribution in [2.45, 2.75) is 57.6 Å². The Labute approximate surface area is 241 Å². The van der Waals surface area contributed by atoms with Crippen LogP contribution in [0.15, 0.2) is 77.7 Å². The van der Waals surface area contributed by atoms with Crippen molar-refractivity contribution in [2.24, 2.45) is 0 Å². The number of aryl methyl sites for hydroxylation is 1. The molecule has 0 saturated carbocycles. The standard InChI is InChI=1S/C30H36ClN3O5S/c1-21-7-13-25(14-8-21)34(40(37,38)27-17-11-24(31)12-18-27)20-28(35)33(22(2)29(36)32-30(3,4)5)19-23-9-15-26(39-6)16-10-23/h7-18,22H,19-20H2,1-6H3,(H,32,36)/t22-/m1/s1. The summed E-state index contributed by atoms with van der Waals surface area (Å²) in [4.78, 5) is 28.5. The Morgan fingerprint density at radius 1 is 0.950 bits per heavy atom. The van der Waals surface area contributed by atoms with Crippen molar-refractivity contribution in [1.82, 2.24) is 10.2 Å². The highest BCUT2D eigenvalue weighted by molar-refractivity contribution is 7.92. The van der Waals surface area contributed by atoms with Crippen LogP contribution >= 0.6 is 11.6 Å². The zero-order valence-electron chi connectivity index (χ0n) is 23.6. The first-order chi connectivity index (χ1) is 18.7. The van der Waals surface area contributed by atoms with Gasteiger partial charge in [-0.1, -0.05) is 41.4 Å². The molecule has 0 heterocycles. The Balaban J connectivity index is 2.02. The lowest BCUT2D eigenvalue weighted by Crippen LogP contribution is -2.54. The molecule has 8 nitrogen and oxygen atoms in total. The van der Waals surface area contributed by atoms with Crippen LogP contribution in [0.5, 0.6) is 5.75 Å². The smallest absolute Gasteiger partial charge is 0.264 e. The van der Waals surface area contributed by atoms with Crippen molar-refractivity contribution in [2.75, 3.05) is 18.0 Å². The van der Waals surface area contributed by atoms with Crippen molar-refractivity contribution in [1.29, 1.82) is 0 Å². The molecule has 214 valence electrons. The van der Waals surface area contributed by atoms with Gasteiger partial charge in [0.15, 0.2) is 0 Å². The molecule has 1 N–H and O–H groups in total. The molecule has 2 amide bonds. The second-order valence-corrected chi connectivity index (χ2v) is 12.9. The van der Waals surface area contributed by atoms with Crippen LogP contribution < -0.4 is 14.4 Å². The molecule has 1 atom stereocenters. The van der Waals surface area contributed by atoms with Crippen LogP contribution in [0.25, 0.3) is 0 Å². The number of hydrogen-bond donors (Lipinski definition) is 1. The summed E-state index contributed by atoms with van der Waals surface area (Å²) >= 11 is 5.99. The molecule has 40 heavy (non-hydrogen) atoms. The summed E-state index contributed by atoms with van der Waals surface area (Å²) in [6.07, 6.45) is 0. The molecule has 0 radical (unpaired) electrons. The van der Waals surface area contributed by atoms with E-state index in [4.69, 9.17) is 16.3 Å². The lowest BCUT2D eigenvalue weighted by molar-refractivity contribution is -0.140. The SMILES string of the molecule is COc1ccc(CN(C(=O)CN(c2ccc(C)cc2)S(=O)(=O)c2ccc(Cl)cc2)[C@H](C)C(=O)NC(C)(C)C)cc1. The van der Waals surface area contributed by atoms with E-state index < -0.39 is 34.1 Å². The van der Waals surface area contributed by atoms with Crippen LogP contribution in [0.1, 0.15) is 38.8 Å². The molecule has 0 unspecified atom stereocenters. The molecular weight excluding hydrogens is 550 g/mol. The van der Waals surface area contributed by atoms with Gasteiger partial charge in [-0.3, -0.25) is 13.9 Å². The first kappa shape index (κ1) is 31.0. The van der Waals surface area contributed by atoms with E-state index in [0.717, 1.165) is 15.4 Å². The third kappa shape index (κ3) is 7.99. The number of halogens is 1. The molecule has 10 heteroatoms. The van der Waals surface area contributed by atoms with Crippen LogP contribution in [0.3, 0.4) is 0 Å². The molecule has 0 aliphatic rings. The molecule has 0 aliphatic carbocycles. The lowest BCUT2D eigenvalue weighted by atomic mass is 10.1. The van der Waals surface area contributed by atoms with Crippen LogP contribution in [0.2, 0.25) is 5.02 Å². The molecule has 0 bridgehead atoms. The second kappa shape index (κ2) is 12.7. The van der Waals surface area contributed by atoms with E-state index in [1.807, 2.05) is 27.7 Å². The summed E-state index contributed by atoms with van der Waals surface area (Å²) in [5.41, 5.74) is 1.50. The van der Waals surface area contributed by atoms with Crippen molar-refractivity contribution in [3.63, 3.8) is 0 Å². The molecule has 0 saturated heterocycles. The monoisotopic (exact) mass is 585 g/mol. The number of hydrogen-bond acceptors (Lipinski definition) is 5. The Bertz CT molecular complexity index is 1420. The van der Waals surface area contributed by atoms with Gasteiger partial charge in [0.05, 0.1) is 17.7 Å². The number of benzene rings is 3. The van der Waals surface area contributed by atoms with Gasteiger partial charge < -0.3 is 15.0 Å². The van der Waals surface area contributed by atoms with Crippen LogP contribution in [0, 0.1) is 6.92 Å². The maximum atomic E-state index is 14.0. The molecule has 0 fully saturated rings. The van der Waals surface area contributed by atoms with E-state index in [1.165, 1.54) is 29.2 Å². The molecule has 3 aromatic carbocycles. The summed E-state index contributed by atoms with van der Waals surface area (Å²) in [5, 5.41) is 3.30. The van der Waals surface area contributed by atoms with Gasteiger partial charge in [0, 0.05) is 17.1 Å². The normalized spacial score (nSPS) is 12.4. The summed E-state index contributed by atoms with van der Waals surface area (Å²) < 4.78 is 33.9. The molecular formula is C30H36ClN3O5S. The largest absolute Gasteiger partial charge is 0.497 e. The Kier molecular flexibility index (Phi) is 9.87. The number of nitrogens with one attached hydrogen (secondary N) is 1. The number of ether oxygens (including phenoxy) is 1. The minimum atomic E-state index is -4.16. The fraction of sp³-hybridized carbons (Fsp3) is 0.333. The van der Waals surface area contributed by atoms with Crippen molar-refractivity contribution in [3.8, 4) is 5.75 Å². The van der Waals surface area contributed by atoms with Gasteiger partial charge in [0.2, 0.25) is 11.8 Å². The molecule has 0 aliphatic heterocycles. The minimum Gasteiger partial charge on any atom is -0.497 e. The maximum absolute atomic E-state index is 14.0. The number of carbonyl (C=O) groups excluding carboxylic acids is 2. The highest BCUT2D eigenvalue weighted by Crippen LogP contribution is 2.26. The molecule has 3 rings (SSSR count). The number of sulfonamides is 1. The van der Waals surface area contributed by atoms with E-state index in [-0.39, 0.29) is 17.3 Å². The molecule has 0 spiro atoms. The van der Waals surface area contributed by atoms with Gasteiger partial charge in [-0.05, 0) is 88.7 Å². The van der Waals surface area contributed by atoms with Crippen molar-refractivity contribution >= 4 is 39.1 Å². The van der Waals surface area contributed by atoms with Crippen LogP contribution in [-0.4, -0.2) is 50.4 Å². The predicted molar refractivity (Wildman–Crippen MR) is 158 cm³/mol. The van der Waals surface area contributed by atoms with Gasteiger partial charge >= 0.3 is 0 Å². The zero-order chi connectivity index (χ0) is 29.7. The van der Waals surface area contributed by atoms with Crippen LogP contribution in [0.4, 0.5) is 5.69 Å². The fourth-order valence-corrected chi connectivity index (χ4v) is 5.50. The molecule has 0 aromatic heterocycles. The summed E-state index contributed by atoms with van der Waals surface area (Å²) in [6.45, 7) is 8.65. The summed E-state index contributed by atoms with van der Waals surface area (Å²) in [6, 6.07) is 18.9. The van der Waals surface area contributed by atoms with E-state index in [9.17, 15) is 18.0 Å². The Morgan fingerprint density at radius 2 is 1.52 bits per heavy atom. The number of rotatable bonds is 10. The van der Waals surface area contributed by atoms with Crippen LogP contribution in [-0.2, 0) is 26.2 Å². The average molecular weight is 586 g/mol. The van der Waals surface area contributed by atoms with Gasteiger partial charge in [-0.25, -0.2) is 8.42 Å². The summed E-state index contributed by atoms with van der Waals surface area (Å²) in [7, 11) is -2.60. The van der Waals surface area contributed by atoms with Gasteiger partial charge in [0.1, 0.15) is 18.3 Å². The lowest BCUT2D eigenvalue weighted by Gasteiger charge is -2.33. The zero-order valence-corrected chi connectivity index (χ0v) is 25.2. The number of carbonyl (C=O) groups is 2. The third-order valence-corrected chi connectivity index (χ3v) is 8.22. The maximum Gasteiger partial charge on any atom is 0.264 e. The Hall–Kier alpha value is -3.56. The van der Waals surface area contributed by atoms with Gasteiger partial charge in [-0.2, -0.15) is 0 Å². The van der Waals surface area contributed by atoms with Gasteiger partial charge in [-0.15, -0.1) is 0 Å². The van der Waals surface area contributed by atoms with Crippen molar-refractivity contribution in [3.05, 3.63) is 88.9 Å². The van der Waals surface area contributed by atoms with E-state index >= 15 is 0 Å². The highest BCUT2D eigenvalue weighted by atomic mass is 35.5. The Morgan fingerprint density at radius 3 is 2.05 bits per heavy atom. The topological polar surface area (TPSA) is 96.0 Å². The average Bonchev–Trinajstić information content (AvgIpc) is 2.90. The number of amides is 2. The minimum absolute atomic E-state index is 0.00879. The first-order valence-corrected chi connectivity index (χ1v) is 14.6.